The van der Waals surface area contributed by atoms with Gasteiger partial charge in [0.05, 0.1) is 0 Å². The van der Waals surface area contributed by atoms with Crippen LogP contribution in [-0.2, 0) is 0 Å². The van der Waals surface area contributed by atoms with Gasteiger partial charge in [0.15, 0.2) is 5.11 Å². The molecule has 2 rings (SSSR count). The molecule has 0 bridgehead atoms. The number of hydrogen-bond donors (Lipinski definition) is 2. The molecule has 0 aliphatic rings. The molecule has 0 aliphatic carbocycles. The van der Waals surface area contributed by atoms with Crippen LogP contribution in [0, 0.1) is 13.8 Å². The van der Waals surface area contributed by atoms with Crippen LogP contribution in [0.1, 0.15) is 11.3 Å². The standard InChI is InChI=1S/C14H15N3S/c1-10-5-3-7-12(9-10)16-14(18)17-13-8-4-6-11(2)15-13/h3-9H,1-2H3,(H2,15,16,17,18). The van der Waals surface area contributed by atoms with Crippen molar-refractivity contribution in [2.24, 2.45) is 0 Å². The summed E-state index contributed by atoms with van der Waals surface area (Å²) in [5, 5.41) is 6.73. The van der Waals surface area contributed by atoms with Gasteiger partial charge in [0.1, 0.15) is 5.82 Å². The van der Waals surface area contributed by atoms with Gasteiger partial charge in [0, 0.05) is 11.4 Å². The number of anilines is 2. The Morgan fingerprint density at radius 2 is 1.83 bits per heavy atom. The zero-order chi connectivity index (χ0) is 13.0. The number of thiocarbonyl (C=S) groups is 1. The first-order valence-corrected chi connectivity index (χ1v) is 6.12. The van der Waals surface area contributed by atoms with E-state index in [9.17, 15) is 0 Å². The Kier molecular flexibility index (Phi) is 3.89. The Morgan fingerprint density at radius 3 is 2.56 bits per heavy atom. The van der Waals surface area contributed by atoms with Gasteiger partial charge in [-0.15, -0.1) is 0 Å². The van der Waals surface area contributed by atoms with Crippen LogP contribution in [0.4, 0.5) is 11.5 Å². The monoisotopic (exact) mass is 257 g/mol. The number of benzene rings is 1. The van der Waals surface area contributed by atoms with Crippen LogP contribution < -0.4 is 10.6 Å². The van der Waals surface area contributed by atoms with E-state index in [0.29, 0.717) is 5.11 Å². The Labute approximate surface area is 112 Å². The van der Waals surface area contributed by atoms with Crippen LogP contribution in [0.3, 0.4) is 0 Å². The lowest BCUT2D eigenvalue weighted by Gasteiger charge is -2.10. The summed E-state index contributed by atoms with van der Waals surface area (Å²) >= 11 is 5.24. The van der Waals surface area contributed by atoms with Gasteiger partial charge in [0.2, 0.25) is 0 Å². The summed E-state index contributed by atoms with van der Waals surface area (Å²) in [4.78, 5) is 4.33. The third-order valence-electron chi connectivity index (χ3n) is 2.41. The molecule has 1 heterocycles. The fourth-order valence-corrected chi connectivity index (χ4v) is 1.84. The van der Waals surface area contributed by atoms with E-state index in [1.165, 1.54) is 5.56 Å². The van der Waals surface area contributed by atoms with Crippen molar-refractivity contribution in [2.45, 2.75) is 13.8 Å². The molecule has 18 heavy (non-hydrogen) atoms. The Hall–Kier alpha value is -1.94. The largest absolute Gasteiger partial charge is 0.332 e. The van der Waals surface area contributed by atoms with Crippen LogP contribution in [0.2, 0.25) is 0 Å². The summed E-state index contributed by atoms with van der Waals surface area (Å²) in [5.41, 5.74) is 3.12. The molecule has 0 radical (unpaired) electrons. The lowest BCUT2D eigenvalue weighted by molar-refractivity contribution is 1.20. The molecule has 0 saturated carbocycles. The summed E-state index contributed by atoms with van der Waals surface area (Å²) in [6, 6.07) is 13.8. The molecule has 0 spiro atoms. The highest BCUT2D eigenvalue weighted by Crippen LogP contribution is 2.10. The minimum absolute atomic E-state index is 0.540. The maximum absolute atomic E-state index is 5.24. The normalized spacial score (nSPS) is 9.89. The predicted molar refractivity (Wildman–Crippen MR) is 80.0 cm³/mol. The molecular formula is C14H15N3S. The fraction of sp³-hybridized carbons (Fsp3) is 0.143. The number of rotatable bonds is 2. The summed E-state index contributed by atoms with van der Waals surface area (Å²) in [7, 11) is 0. The van der Waals surface area contributed by atoms with E-state index in [2.05, 4.69) is 15.6 Å². The second kappa shape index (κ2) is 5.60. The average Bonchev–Trinajstić information content (AvgIpc) is 2.28. The highest BCUT2D eigenvalue weighted by atomic mass is 32.1. The van der Waals surface area contributed by atoms with Crippen molar-refractivity contribution >= 4 is 28.8 Å². The van der Waals surface area contributed by atoms with Crippen LogP contribution in [-0.4, -0.2) is 10.1 Å². The number of aryl methyl sites for hydroxylation is 2. The number of nitrogens with zero attached hydrogens (tertiary/aromatic N) is 1. The topological polar surface area (TPSA) is 37.0 Å². The molecule has 1 aromatic heterocycles. The maximum Gasteiger partial charge on any atom is 0.176 e. The van der Waals surface area contributed by atoms with Gasteiger partial charge in [0.25, 0.3) is 0 Å². The third-order valence-corrected chi connectivity index (χ3v) is 2.61. The molecule has 0 atom stereocenters. The first kappa shape index (κ1) is 12.5. The lowest BCUT2D eigenvalue weighted by Crippen LogP contribution is -2.19. The molecule has 0 fully saturated rings. The zero-order valence-electron chi connectivity index (χ0n) is 10.4. The molecule has 2 N–H and O–H groups in total. The molecule has 92 valence electrons. The van der Waals surface area contributed by atoms with Gasteiger partial charge >= 0.3 is 0 Å². The Balaban J connectivity index is 2.01. The minimum Gasteiger partial charge on any atom is -0.332 e. The summed E-state index contributed by atoms with van der Waals surface area (Å²) < 4.78 is 0. The third kappa shape index (κ3) is 3.53. The molecule has 0 saturated heterocycles. The van der Waals surface area contributed by atoms with Crippen LogP contribution in [0.15, 0.2) is 42.5 Å². The first-order valence-electron chi connectivity index (χ1n) is 5.72. The molecule has 0 amide bonds. The van der Waals surface area contributed by atoms with E-state index in [1.807, 2.05) is 56.3 Å². The minimum atomic E-state index is 0.540. The number of aromatic nitrogens is 1. The van der Waals surface area contributed by atoms with Crippen LogP contribution >= 0.6 is 12.2 Å². The molecule has 4 heteroatoms. The number of hydrogen-bond acceptors (Lipinski definition) is 2. The van der Waals surface area contributed by atoms with Gasteiger partial charge in [-0.1, -0.05) is 18.2 Å². The van der Waals surface area contributed by atoms with Crippen molar-refractivity contribution in [1.29, 1.82) is 0 Å². The first-order chi connectivity index (χ1) is 8.63. The SMILES string of the molecule is Cc1cccc(NC(=S)Nc2cccc(C)n2)c1. The Morgan fingerprint density at radius 1 is 1.06 bits per heavy atom. The summed E-state index contributed by atoms with van der Waals surface area (Å²) in [6.07, 6.45) is 0. The van der Waals surface area contributed by atoms with E-state index in [1.54, 1.807) is 0 Å². The van der Waals surface area contributed by atoms with Gasteiger partial charge in [-0.3, -0.25) is 0 Å². The van der Waals surface area contributed by atoms with Gasteiger partial charge < -0.3 is 10.6 Å². The van der Waals surface area contributed by atoms with E-state index < -0.39 is 0 Å². The predicted octanol–water partition coefficient (Wildman–Crippen LogP) is 3.51. The zero-order valence-corrected chi connectivity index (χ0v) is 11.2. The summed E-state index contributed by atoms with van der Waals surface area (Å²) in [5.74, 6) is 0.750. The van der Waals surface area contributed by atoms with Crippen LogP contribution in [0.5, 0.6) is 0 Å². The second-order valence-electron chi connectivity index (χ2n) is 4.11. The fourth-order valence-electron chi connectivity index (χ4n) is 1.61. The molecule has 1 aromatic carbocycles. The van der Waals surface area contributed by atoms with Crippen molar-refractivity contribution in [3.63, 3.8) is 0 Å². The molecule has 0 aliphatic heterocycles. The molecule has 0 unspecified atom stereocenters. The second-order valence-corrected chi connectivity index (χ2v) is 4.52. The number of nitrogens with one attached hydrogen (secondary N) is 2. The van der Waals surface area contributed by atoms with Crippen molar-refractivity contribution in [1.82, 2.24) is 4.98 Å². The highest BCUT2D eigenvalue weighted by Gasteiger charge is 2.00. The van der Waals surface area contributed by atoms with Crippen LogP contribution in [0.25, 0.3) is 0 Å². The summed E-state index contributed by atoms with van der Waals surface area (Å²) in [6.45, 7) is 3.99. The smallest absolute Gasteiger partial charge is 0.176 e. The molecular weight excluding hydrogens is 242 g/mol. The average molecular weight is 257 g/mol. The number of pyridine rings is 1. The quantitative estimate of drug-likeness (QED) is 0.807. The van der Waals surface area contributed by atoms with Crippen molar-refractivity contribution in [3.8, 4) is 0 Å². The van der Waals surface area contributed by atoms with Crippen molar-refractivity contribution in [2.75, 3.05) is 10.6 Å². The lowest BCUT2D eigenvalue weighted by atomic mass is 10.2. The van der Waals surface area contributed by atoms with E-state index in [4.69, 9.17) is 12.2 Å². The highest BCUT2D eigenvalue weighted by molar-refractivity contribution is 7.80. The van der Waals surface area contributed by atoms with Gasteiger partial charge in [-0.2, -0.15) is 0 Å². The molecule has 2 aromatic rings. The van der Waals surface area contributed by atoms with Crippen molar-refractivity contribution in [3.05, 3.63) is 53.7 Å². The van der Waals surface area contributed by atoms with Gasteiger partial charge in [-0.05, 0) is 55.9 Å². The molecule has 3 nitrogen and oxygen atoms in total. The maximum atomic E-state index is 5.24. The van der Waals surface area contributed by atoms with Gasteiger partial charge in [-0.25, -0.2) is 4.98 Å². The van der Waals surface area contributed by atoms with E-state index in [0.717, 1.165) is 17.2 Å². The van der Waals surface area contributed by atoms with E-state index in [-0.39, 0.29) is 0 Å². The Bertz CT molecular complexity index is 517. The van der Waals surface area contributed by atoms with E-state index >= 15 is 0 Å². The van der Waals surface area contributed by atoms with Crippen molar-refractivity contribution < 1.29 is 0 Å².